The van der Waals surface area contributed by atoms with Gasteiger partial charge in [0.15, 0.2) is 0 Å². The predicted octanol–water partition coefficient (Wildman–Crippen LogP) is 4.76. The summed E-state index contributed by atoms with van der Waals surface area (Å²) in [6.07, 6.45) is 2.50. The minimum atomic E-state index is -0.460. The molecule has 29 heavy (non-hydrogen) atoms. The van der Waals surface area contributed by atoms with Crippen LogP contribution < -0.4 is 10.6 Å². The first-order chi connectivity index (χ1) is 13.9. The van der Waals surface area contributed by atoms with Gasteiger partial charge in [0.1, 0.15) is 0 Å². The number of rotatable bonds is 8. The molecule has 0 radical (unpaired) electrons. The van der Waals surface area contributed by atoms with E-state index in [4.69, 9.17) is 0 Å². The minimum Gasteiger partial charge on any atom is -0.326 e. The van der Waals surface area contributed by atoms with Crippen molar-refractivity contribution >= 4 is 40.6 Å². The van der Waals surface area contributed by atoms with Crippen molar-refractivity contribution in [3.63, 3.8) is 0 Å². The zero-order chi connectivity index (χ0) is 21.0. The van der Waals surface area contributed by atoms with Crippen LogP contribution in [-0.2, 0) is 9.59 Å². The van der Waals surface area contributed by atoms with E-state index < -0.39 is 4.92 Å². The zero-order valence-electron chi connectivity index (χ0n) is 16.3. The summed E-state index contributed by atoms with van der Waals surface area (Å²) in [6, 6.07) is 11.8. The van der Waals surface area contributed by atoms with Gasteiger partial charge in [-0.1, -0.05) is 13.0 Å². The molecule has 0 spiro atoms. The second kappa shape index (κ2) is 9.09. The van der Waals surface area contributed by atoms with E-state index in [1.54, 1.807) is 13.0 Å². The number of nitro groups is 1. The lowest BCUT2D eigenvalue weighted by atomic mass is 10.1. The number of amides is 2. The second-order valence-corrected chi connectivity index (χ2v) is 8.33. The molecular weight excluding hydrogens is 390 g/mol. The number of thioether (sulfide) groups is 1. The van der Waals surface area contributed by atoms with E-state index in [0.717, 1.165) is 23.4 Å². The number of carbonyl (C=O) groups excluding carboxylic acids is 2. The van der Waals surface area contributed by atoms with Gasteiger partial charge in [-0.3, -0.25) is 19.7 Å². The Hall–Kier alpha value is -2.87. The maximum absolute atomic E-state index is 12.7. The number of carbonyl (C=O) groups is 2. The zero-order valence-corrected chi connectivity index (χ0v) is 17.1. The number of nitro benzene ring substituents is 1. The Morgan fingerprint density at radius 3 is 2.59 bits per heavy atom. The molecular formula is C21H23N3O4S. The molecule has 1 atom stereocenters. The number of nitrogens with one attached hydrogen (secondary N) is 2. The smallest absolute Gasteiger partial charge is 0.269 e. The fourth-order valence-electron chi connectivity index (χ4n) is 2.84. The molecule has 2 amide bonds. The molecule has 2 N–H and O–H groups in total. The normalized spacial score (nSPS) is 14.1. The van der Waals surface area contributed by atoms with E-state index in [-0.39, 0.29) is 28.7 Å². The monoisotopic (exact) mass is 413 g/mol. The molecule has 0 bridgehead atoms. The van der Waals surface area contributed by atoms with E-state index in [9.17, 15) is 19.7 Å². The van der Waals surface area contributed by atoms with Gasteiger partial charge in [0.05, 0.1) is 10.2 Å². The standard InChI is InChI=1S/C21H23N3O4S/c1-3-19(21(26)23-18-10-9-16(24(27)28)11-13(18)2)29-17-6-4-5-15(12-17)22-20(25)14-7-8-14/h4-6,9-12,14,19H,3,7-8H2,1-2H3,(H,22,25)(H,23,26). The summed E-state index contributed by atoms with van der Waals surface area (Å²) in [6.45, 7) is 3.65. The van der Waals surface area contributed by atoms with E-state index >= 15 is 0 Å². The maximum atomic E-state index is 12.7. The van der Waals surface area contributed by atoms with E-state index in [0.29, 0.717) is 17.7 Å². The summed E-state index contributed by atoms with van der Waals surface area (Å²) in [7, 11) is 0. The fourth-order valence-corrected chi connectivity index (χ4v) is 3.85. The van der Waals surface area contributed by atoms with Gasteiger partial charge in [0.2, 0.25) is 11.8 Å². The highest BCUT2D eigenvalue weighted by atomic mass is 32.2. The Morgan fingerprint density at radius 2 is 1.97 bits per heavy atom. The molecule has 1 fully saturated rings. The molecule has 2 aromatic rings. The molecule has 1 saturated carbocycles. The number of nitrogens with zero attached hydrogens (tertiary/aromatic N) is 1. The van der Waals surface area contributed by atoms with Crippen LogP contribution >= 0.6 is 11.8 Å². The van der Waals surface area contributed by atoms with Crippen LogP contribution in [0.3, 0.4) is 0 Å². The van der Waals surface area contributed by atoms with Crippen LogP contribution in [0.5, 0.6) is 0 Å². The lowest BCUT2D eigenvalue weighted by molar-refractivity contribution is -0.384. The van der Waals surface area contributed by atoms with Crippen molar-refractivity contribution in [2.24, 2.45) is 5.92 Å². The predicted molar refractivity (Wildman–Crippen MR) is 114 cm³/mol. The van der Waals surface area contributed by atoms with Gasteiger partial charge in [-0.05, 0) is 56.0 Å². The van der Waals surface area contributed by atoms with Gasteiger partial charge >= 0.3 is 0 Å². The number of benzene rings is 2. The summed E-state index contributed by atoms with van der Waals surface area (Å²) in [5.41, 5.74) is 1.92. The van der Waals surface area contributed by atoms with Crippen molar-refractivity contribution in [1.29, 1.82) is 0 Å². The Labute approximate surface area is 173 Å². The Bertz CT molecular complexity index is 943. The third-order valence-electron chi connectivity index (χ3n) is 4.67. The van der Waals surface area contributed by atoms with Crippen LogP contribution in [0.25, 0.3) is 0 Å². The number of aryl methyl sites for hydroxylation is 1. The molecule has 7 nitrogen and oxygen atoms in total. The molecule has 0 aromatic heterocycles. The van der Waals surface area contributed by atoms with E-state index in [1.807, 2.05) is 31.2 Å². The molecule has 1 unspecified atom stereocenters. The Kier molecular flexibility index (Phi) is 6.53. The van der Waals surface area contributed by atoms with E-state index in [2.05, 4.69) is 10.6 Å². The van der Waals surface area contributed by atoms with Gasteiger partial charge in [0, 0.05) is 34.3 Å². The summed E-state index contributed by atoms with van der Waals surface area (Å²) in [5, 5.41) is 16.3. The summed E-state index contributed by atoms with van der Waals surface area (Å²) in [4.78, 5) is 36.0. The van der Waals surface area contributed by atoms with Crippen molar-refractivity contribution in [3.8, 4) is 0 Å². The lowest BCUT2D eigenvalue weighted by Crippen LogP contribution is -2.25. The molecule has 0 heterocycles. The van der Waals surface area contributed by atoms with Crippen molar-refractivity contribution in [2.45, 2.75) is 43.3 Å². The molecule has 1 aliphatic carbocycles. The molecule has 3 rings (SSSR count). The highest BCUT2D eigenvalue weighted by Gasteiger charge is 2.29. The molecule has 0 aliphatic heterocycles. The number of non-ortho nitro benzene ring substituents is 1. The van der Waals surface area contributed by atoms with Crippen LogP contribution in [0.4, 0.5) is 17.1 Å². The number of anilines is 2. The van der Waals surface area contributed by atoms with Crippen molar-refractivity contribution < 1.29 is 14.5 Å². The number of hydrogen-bond donors (Lipinski definition) is 2. The van der Waals surface area contributed by atoms with E-state index in [1.165, 1.54) is 23.9 Å². The van der Waals surface area contributed by atoms with Crippen LogP contribution in [0, 0.1) is 23.0 Å². The average molecular weight is 413 g/mol. The van der Waals surface area contributed by atoms with Gasteiger partial charge in [0.25, 0.3) is 5.69 Å². The maximum Gasteiger partial charge on any atom is 0.269 e. The molecule has 8 heteroatoms. The van der Waals surface area contributed by atoms with Crippen LogP contribution in [-0.4, -0.2) is 22.0 Å². The van der Waals surface area contributed by atoms with Gasteiger partial charge < -0.3 is 10.6 Å². The molecule has 1 aliphatic rings. The SMILES string of the molecule is CCC(Sc1cccc(NC(=O)C2CC2)c1)C(=O)Nc1ccc([N+](=O)[O-])cc1C. The van der Waals surface area contributed by atoms with Gasteiger partial charge in [-0.15, -0.1) is 11.8 Å². The first kappa shape index (κ1) is 20.9. The Morgan fingerprint density at radius 1 is 1.21 bits per heavy atom. The highest BCUT2D eigenvalue weighted by Crippen LogP contribution is 2.32. The summed E-state index contributed by atoms with van der Waals surface area (Å²) >= 11 is 1.42. The van der Waals surface area contributed by atoms with Crippen molar-refractivity contribution in [1.82, 2.24) is 0 Å². The minimum absolute atomic E-state index is 0.00743. The quantitative estimate of drug-likeness (QED) is 0.369. The fraction of sp³-hybridized carbons (Fsp3) is 0.333. The van der Waals surface area contributed by atoms with Gasteiger partial charge in [-0.2, -0.15) is 0 Å². The topological polar surface area (TPSA) is 101 Å². The largest absolute Gasteiger partial charge is 0.326 e. The Balaban J connectivity index is 1.65. The summed E-state index contributed by atoms with van der Waals surface area (Å²) in [5.74, 6) is 0.0119. The molecule has 2 aromatic carbocycles. The van der Waals surface area contributed by atoms with Crippen LogP contribution in [0.1, 0.15) is 31.7 Å². The second-order valence-electron chi connectivity index (χ2n) is 7.05. The molecule has 152 valence electrons. The van der Waals surface area contributed by atoms with Crippen molar-refractivity contribution in [3.05, 3.63) is 58.1 Å². The van der Waals surface area contributed by atoms with Gasteiger partial charge in [-0.25, -0.2) is 0 Å². The first-order valence-corrected chi connectivity index (χ1v) is 10.4. The molecule has 0 saturated heterocycles. The third-order valence-corrected chi connectivity index (χ3v) is 6.03. The third kappa shape index (κ3) is 5.57. The summed E-state index contributed by atoms with van der Waals surface area (Å²) < 4.78 is 0. The number of hydrogen-bond acceptors (Lipinski definition) is 5. The average Bonchev–Trinajstić information content (AvgIpc) is 3.53. The van der Waals surface area contributed by atoms with Crippen LogP contribution in [0.15, 0.2) is 47.4 Å². The lowest BCUT2D eigenvalue weighted by Gasteiger charge is -2.16. The first-order valence-electron chi connectivity index (χ1n) is 9.51. The van der Waals surface area contributed by atoms with Crippen molar-refractivity contribution in [2.75, 3.05) is 10.6 Å². The highest BCUT2D eigenvalue weighted by molar-refractivity contribution is 8.00. The van der Waals surface area contributed by atoms with Crippen LogP contribution in [0.2, 0.25) is 0 Å².